The maximum atomic E-state index is 12.7. The standard InChI is InChI=1S/C19H28N4O2/c1-4-23(19(24)13-22-11-14(2)25-15(3)12-22)10-9-18-20-16-7-5-6-8-17(16)21-18/h5-8,14-15H,4,9-13H2,1-3H3,(H,20,21)/t14-,15+. The molecule has 1 N–H and O–H groups in total. The number of hydrogen-bond donors (Lipinski definition) is 1. The number of fused-ring (bicyclic) bond motifs is 1. The van der Waals surface area contributed by atoms with Crippen molar-refractivity contribution in [3.63, 3.8) is 0 Å². The van der Waals surface area contributed by atoms with Crippen LogP contribution in [0.15, 0.2) is 24.3 Å². The number of rotatable bonds is 6. The molecule has 1 amide bonds. The second-order valence-electron chi connectivity index (χ2n) is 6.88. The molecule has 0 aliphatic carbocycles. The van der Waals surface area contributed by atoms with Crippen LogP contribution in [-0.2, 0) is 16.0 Å². The van der Waals surface area contributed by atoms with Crippen LogP contribution >= 0.6 is 0 Å². The van der Waals surface area contributed by atoms with E-state index >= 15 is 0 Å². The van der Waals surface area contributed by atoms with E-state index in [4.69, 9.17) is 4.74 Å². The van der Waals surface area contributed by atoms with Crippen molar-refractivity contribution in [3.05, 3.63) is 30.1 Å². The number of likely N-dealkylation sites (N-methyl/N-ethyl adjacent to an activating group) is 1. The molecule has 2 aromatic rings. The lowest BCUT2D eigenvalue weighted by Crippen LogP contribution is -2.50. The highest BCUT2D eigenvalue weighted by molar-refractivity contribution is 5.78. The van der Waals surface area contributed by atoms with E-state index in [1.807, 2.05) is 36.1 Å². The Morgan fingerprint density at radius 3 is 2.72 bits per heavy atom. The number of nitrogens with zero attached hydrogens (tertiary/aromatic N) is 3. The summed E-state index contributed by atoms with van der Waals surface area (Å²) in [5.41, 5.74) is 2.02. The molecular formula is C19H28N4O2. The molecule has 1 saturated heterocycles. The predicted molar refractivity (Wildman–Crippen MR) is 98.5 cm³/mol. The number of imidazole rings is 1. The van der Waals surface area contributed by atoms with E-state index in [1.54, 1.807) is 0 Å². The summed E-state index contributed by atoms with van der Waals surface area (Å²) in [6, 6.07) is 8.00. The molecule has 1 aliphatic rings. The van der Waals surface area contributed by atoms with Crippen molar-refractivity contribution in [1.82, 2.24) is 19.8 Å². The van der Waals surface area contributed by atoms with E-state index in [-0.39, 0.29) is 18.1 Å². The SMILES string of the molecule is CCN(CCc1nc2ccccc2[nH]1)C(=O)CN1C[C@@H](C)O[C@@H](C)C1. The van der Waals surface area contributed by atoms with E-state index < -0.39 is 0 Å². The van der Waals surface area contributed by atoms with Crippen LogP contribution in [0, 0.1) is 0 Å². The van der Waals surface area contributed by atoms with Gasteiger partial charge in [0.1, 0.15) is 5.82 Å². The summed E-state index contributed by atoms with van der Waals surface area (Å²) < 4.78 is 5.74. The highest BCUT2D eigenvalue weighted by Gasteiger charge is 2.25. The number of aromatic nitrogens is 2. The van der Waals surface area contributed by atoms with Gasteiger partial charge in [-0.1, -0.05) is 12.1 Å². The number of benzene rings is 1. The number of nitrogens with one attached hydrogen (secondary N) is 1. The highest BCUT2D eigenvalue weighted by Crippen LogP contribution is 2.12. The zero-order valence-corrected chi connectivity index (χ0v) is 15.4. The average Bonchev–Trinajstić information content (AvgIpc) is 2.97. The van der Waals surface area contributed by atoms with Gasteiger partial charge in [-0.25, -0.2) is 4.98 Å². The smallest absolute Gasteiger partial charge is 0.236 e. The summed E-state index contributed by atoms with van der Waals surface area (Å²) >= 11 is 0. The molecule has 6 nitrogen and oxygen atoms in total. The molecule has 1 aliphatic heterocycles. The first kappa shape index (κ1) is 17.9. The molecular weight excluding hydrogens is 316 g/mol. The molecule has 136 valence electrons. The van der Waals surface area contributed by atoms with Crippen LogP contribution in [0.4, 0.5) is 0 Å². The summed E-state index contributed by atoms with van der Waals surface area (Å²) in [6.45, 7) is 9.65. The second kappa shape index (κ2) is 7.97. The normalized spacial score (nSPS) is 21.6. The number of amides is 1. The minimum atomic E-state index is 0.180. The molecule has 0 radical (unpaired) electrons. The van der Waals surface area contributed by atoms with Gasteiger partial charge in [0.2, 0.25) is 5.91 Å². The highest BCUT2D eigenvalue weighted by atomic mass is 16.5. The minimum Gasteiger partial charge on any atom is -0.373 e. The lowest BCUT2D eigenvalue weighted by atomic mass is 10.2. The molecule has 1 aromatic heterocycles. The van der Waals surface area contributed by atoms with Gasteiger partial charge < -0.3 is 14.6 Å². The van der Waals surface area contributed by atoms with Crippen molar-refractivity contribution in [2.75, 3.05) is 32.7 Å². The van der Waals surface area contributed by atoms with Crippen LogP contribution in [-0.4, -0.2) is 70.6 Å². The summed E-state index contributed by atoms with van der Waals surface area (Å²) in [4.78, 5) is 24.7. The van der Waals surface area contributed by atoms with Crippen molar-refractivity contribution >= 4 is 16.9 Å². The Balaban J connectivity index is 1.55. The lowest BCUT2D eigenvalue weighted by Gasteiger charge is -2.35. The van der Waals surface area contributed by atoms with Crippen LogP contribution in [0.5, 0.6) is 0 Å². The molecule has 1 aromatic carbocycles. The van der Waals surface area contributed by atoms with Crippen LogP contribution in [0.25, 0.3) is 11.0 Å². The first-order valence-electron chi connectivity index (χ1n) is 9.14. The van der Waals surface area contributed by atoms with Crippen molar-refractivity contribution in [1.29, 1.82) is 0 Å². The molecule has 0 unspecified atom stereocenters. The van der Waals surface area contributed by atoms with E-state index in [1.165, 1.54) is 0 Å². The van der Waals surface area contributed by atoms with Gasteiger partial charge >= 0.3 is 0 Å². The third kappa shape index (κ3) is 4.58. The quantitative estimate of drug-likeness (QED) is 0.871. The van der Waals surface area contributed by atoms with Crippen LogP contribution in [0.2, 0.25) is 0 Å². The number of morpholine rings is 1. The number of ether oxygens (including phenoxy) is 1. The molecule has 0 spiro atoms. The van der Waals surface area contributed by atoms with Crippen LogP contribution in [0.3, 0.4) is 0 Å². The number of carbonyl (C=O) groups is 1. The zero-order chi connectivity index (χ0) is 17.8. The fourth-order valence-corrected chi connectivity index (χ4v) is 3.53. The maximum Gasteiger partial charge on any atom is 0.236 e. The fourth-order valence-electron chi connectivity index (χ4n) is 3.53. The Labute approximate surface area is 149 Å². The Morgan fingerprint density at radius 1 is 1.32 bits per heavy atom. The summed E-state index contributed by atoms with van der Waals surface area (Å²) in [5, 5.41) is 0. The zero-order valence-electron chi connectivity index (χ0n) is 15.4. The van der Waals surface area contributed by atoms with Gasteiger partial charge in [0.15, 0.2) is 0 Å². The van der Waals surface area contributed by atoms with Gasteiger partial charge in [0.25, 0.3) is 0 Å². The Kier molecular flexibility index (Phi) is 5.71. The molecule has 25 heavy (non-hydrogen) atoms. The first-order chi connectivity index (χ1) is 12.0. The third-order valence-corrected chi connectivity index (χ3v) is 4.65. The Hall–Kier alpha value is -1.92. The van der Waals surface area contributed by atoms with Gasteiger partial charge in [-0.3, -0.25) is 9.69 Å². The van der Waals surface area contributed by atoms with Crippen molar-refractivity contribution < 1.29 is 9.53 Å². The third-order valence-electron chi connectivity index (χ3n) is 4.65. The molecule has 1 fully saturated rings. The van der Waals surface area contributed by atoms with Crippen molar-refractivity contribution in [2.45, 2.75) is 39.4 Å². The first-order valence-corrected chi connectivity index (χ1v) is 9.14. The summed E-state index contributed by atoms with van der Waals surface area (Å²) in [7, 11) is 0. The molecule has 6 heteroatoms. The Bertz CT molecular complexity index is 671. The molecule has 2 atom stereocenters. The van der Waals surface area contributed by atoms with E-state index in [0.29, 0.717) is 19.6 Å². The van der Waals surface area contributed by atoms with E-state index in [0.717, 1.165) is 36.4 Å². The molecule has 0 saturated carbocycles. The van der Waals surface area contributed by atoms with Crippen molar-refractivity contribution in [3.8, 4) is 0 Å². The fraction of sp³-hybridized carbons (Fsp3) is 0.579. The van der Waals surface area contributed by atoms with Gasteiger partial charge in [0, 0.05) is 32.6 Å². The molecule has 0 bridgehead atoms. The molecule has 2 heterocycles. The predicted octanol–water partition coefficient (Wildman–Crippen LogP) is 2.06. The number of para-hydroxylation sites is 2. The number of H-pyrrole nitrogens is 1. The van der Waals surface area contributed by atoms with Gasteiger partial charge in [-0.2, -0.15) is 0 Å². The lowest BCUT2D eigenvalue weighted by molar-refractivity contribution is -0.135. The number of hydrogen-bond acceptors (Lipinski definition) is 4. The topological polar surface area (TPSA) is 61.5 Å². The summed E-state index contributed by atoms with van der Waals surface area (Å²) in [5.74, 6) is 1.11. The van der Waals surface area contributed by atoms with E-state index in [9.17, 15) is 4.79 Å². The van der Waals surface area contributed by atoms with Crippen LogP contribution in [0.1, 0.15) is 26.6 Å². The van der Waals surface area contributed by atoms with Gasteiger partial charge in [-0.15, -0.1) is 0 Å². The largest absolute Gasteiger partial charge is 0.373 e. The number of aromatic amines is 1. The number of carbonyl (C=O) groups excluding carboxylic acids is 1. The van der Waals surface area contributed by atoms with Crippen LogP contribution < -0.4 is 0 Å². The second-order valence-corrected chi connectivity index (χ2v) is 6.88. The minimum absolute atomic E-state index is 0.180. The van der Waals surface area contributed by atoms with Crippen molar-refractivity contribution in [2.24, 2.45) is 0 Å². The van der Waals surface area contributed by atoms with Gasteiger partial charge in [0.05, 0.1) is 29.8 Å². The molecule has 3 rings (SSSR count). The van der Waals surface area contributed by atoms with Gasteiger partial charge in [-0.05, 0) is 32.9 Å². The van der Waals surface area contributed by atoms with E-state index in [2.05, 4.69) is 28.7 Å². The monoisotopic (exact) mass is 344 g/mol. The summed E-state index contributed by atoms with van der Waals surface area (Å²) in [6.07, 6.45) is 1.11. The maximum absolute atomic E-state index is 12.7. The Morgan fingerprint density at radius 2 is 2.04 bits per heavy atom. The average molecular weight is 344 g/mol.